The molecule has 1 aliphatic heterocycles. The number of benzene rings is 2. The van der Waals surface area contributed by atoms with Gasteiger partial charge in [-0.3, -0.25) is 0 Å². The van der Waals surface area contributed by atoms with Crippen LogP contribution >= 0.6 is 71.2 Å². The lowest BCUT2D eigenvalue weighted by Crippen LogP contribution is -2.54. The number of halogens is 6. The number of aliphatic imine (C=N–C) groups is 4. The Hall–Kier alpha value is -2.34. The van der Waals surface area contributed by atoms with Crippen LogP contribution in [0.1, 0.15) is 0 Å². The zero-order chi connectivity index (χ0) is 24.8. The first kappa shape index (κ1) is 31.7. The number of hydrogen-bond acceptors (Lipinski definition) is 2. The molecule has 196 valence electrons. The third-order valence-electron chi connectivity index (χ3n) is 4.68. The molecule has 0 spiro atoms. The van der Waals surface area contributed by atoms with Crippen LogP contribution in [0.15, 0.2) is 56.4 Å². The molecule has 0 saturated carbocycles. The summed E-state index contributed by atoms with van der Waals surface area (Å²) in [6, 6.07) is 9.75. The van der Waals surface area contributed by atoms with E-state index in [1.54, 1.807) is 36.4 Å². The monoisotopic (exact) mass is 614 g/mol. The molecule has 0 aromatic heterocycles. The fraction of sp³-hybridized carbons (Fsp3) is 0.200. The van der Waals surface area contributed by atoms with Crippen molar-refractivity contribution in [3.8, 4) is 0 Å². The molecule has 16 heteroatoms. The van der Waals surface area contributed by atoms with Gasteiger partial charge in [0.05, 0.1) is 31.5 Å². The summed E-state index contributed by atoms with van der Waals surface area (Å²) in [5.74, 6) is 0.450. The average Bonchev–Trinajstić information content (AvgIpc) is 2.78. The van der Waals surface area contributed by atoms with Crippen LogP contribution in [0.3, 0.4) is 0 Å². The maximum atomic E-state index is 6.10. The number of guanidine groups is 4. The van der Waals surface area contributed by atoms with Crippen LogP contribution in [0.2, 0.25) is 20.1 Å². The van der Waals surface area contributed by atoms with E-state index in [0.29, 0.717) is 57.6 Å². The van der Waals surface area contributed by atoms with Crippen LogP contribution in [-0.4, -0.2) is 59.8 Å². The lowest BCUT2D eigenvalue weighted by Gasteiger charge is -2.35. The molecule has 1 fully saturated rings. The van der Waals surface area contributed by atoms with Gasteiger partial charge in [0.25, 0.3) is 0 Å². The van der Waals surface area contributed by atoms with Crippen LogP contribution in [0.5, 0.6) is 0 Å². The predicted molar refractivity (Wildman–Crippen MR) is 156 cm³/mol. The molecule has 36 heavy (non-hydrogen) atoms. The van der Waals surface area contributed by atoms with Gasteiger partial charge < -0.3 is 32.7 Å². The van der Waals surface area contributed by atoms with E-state index >= 15 is 0 Å². The first-order valence-electron chi connectivity index (χ1n) is 9.89. The van der Waals surface area contributed by atoms with Crippen molar-refractivity contribution in [2.45, 2.75) is 0 Å². The van der Waals surface area contributed by atoms with Gasteiger partial charge >= 0.3 is 0 Å². The maximum absolute atomic E-state index is 6.10. The van der Waals surface area contributed by atoms with Crippen LogP contribution in [0.4, 0.5) is 11.4 Å². The molecule has 10 nitrogen and oxygen atoms in total. The van der Waals surface area contributed by atoms with Gasteiger partial charge in [-0.1, -0.05) is 46.4 Å². The Bertz CT molecular complexity index is 1080. The van der Waals surface area contributed by atoms with Crippen molar-refractivity contribution in [1.82, 2.24) is 9.80 Å². The zero-order valence-corrected chi connectivity index (χ0v) is 23.3. The molecule has 0 unspecified atom stereocenters. The molecular weight excluding hydrogens is 593 g/mol. The fourth-order valence-corrected chi connectivity index (χ4v) is 3.55. The highest BCUT2D eigenvalue weighted by Gasteiger charge is 2.20. The molecule has 0 aliphatic carbocycles. The van der Waals surface area contributed by atoms with Crippen LogP contribution in [-0.2, 0) is 0 Å². The molecule has 2 aromatic carbocycles. The van der Waals surface area contributed by atoms with Crippen molar-refractivity contribution < 1.29 is 0 Å². The third kappa shape index (κ3) is 8.95. The molecule has 1 heterocycles. The predicted octanol–water partition coefficient (Wildman–Crippen LogP) is 3.98. The molecular formula is C20H24Cl6N10. The second-order valence-corrected chi connectivity index (χ2v) is 8.68. The van der Waals surface area contributed by atoms with E-state index in [2.05, 4.69) is 20.0 Å². The molecule has 0 bridgehead atoms. The number of rotatable bonds is 2. The van der Waals surface area contributed by atoms with E-state index in [4.69, 9.17) is 69.3 Å². The van der Waals surface area contributed by atoms with Crippen molar-refractivity contribution in [3.63, 3.8) is 0 Å². The number of piperazine rings is 1. The number of hydrogen-bond donors (Lipinski definition) is 4. The summed E-state index contributed by atoms with van der Waals surface area (Å²) < 4.78 is 0. The molecule has 3 rings (SSSR count). The molecule has 1 aliphatic rings. The van der Waals surface area contributed by atoms with Crippen LogP contribution in [0.25, 0.3) is 0 Å². The van der Waals surface area contributed by atoms with Crippen molar-refractivity contribution in [1.29, 1.82) is 0 Å². The van der Waals surface area contributed by atoms with Gasteiger partial charge in [0.15, 0.2) is 11.9 Å². The lowest BCUT2D eigenvalue weighted by molar-refractivity contribution is 0.255. The highest BCUT2D eigenvalue weighted by atomic mass is 35.5. The van der Waals surface area contributed by atoms with Gasteiger partial charge in [-0.15, -0.1) is 24.8 Å². The summed E-state index contributed by atoms with van der Waals surface area (Å²) in [6.45, 7) is 2.15. The Morgan fingerprint density at radius 1 is 0.583 bits per heavy atom. The van der Waals surface area contributed by atoms with E-state index in [1.807, 2.05) is 9.80 Å². The molecule has 1 saturated heterocycles. The third-order valence-corrected chi connectivity index (χ3v) is 6.16. The summed E-state index contributed by atoms with van der Waals surface area (Å²) in [7, 11) is 0. The standard InChI is InChI=1S/C20H22Cl4N10.2ClH/c21-13-3-1-11(9-15(13)23)29-17(25)31-19(27)33-5-7-34(8-6-33)20(28)32-18(26)30-12-2-4-14(22)16(24)10-12;;/h1-4,9-10H,5-8H2,(H4,25,27,29,31)(H4,26,28,30,32);2*1H. The fourth-order valence-electron chi connectivity index (χ4n) is 2.96. The van der Waals surface area contributed by atoms with E-state index in [-0.39, 0.29) is 48.7 Å². The minimum absolute atomic E-state index is 0. The summed E-state index contributed by atoms with van der Waals surface area (Å²) >= 11 is 23.8. The second-order valence-electron chi connectivity index (χ2n) is 7.05. The van der Waals surface area contributed by atoms with Gasteiger partial charge in [0.2, 0.25) is 11.9 Å². The Kier molecular flexibility index (Phi) is 12.7. The van der Waals surface area contributed by atoms with Crippen molar-refractivity contribution in [2.24, 2.45) is 42.9 Å². The molecule has 8 N–H and O–H groups in total. The van der Waals surface area contributed by atoms with Gasteiger partial charge in [0, 0.05) is 26.2 Å². The maximum Gasteiger partial charge on any atom is 0.223 e. The minimum atomic E-state index is -0.00863. The van der Waals surface area contributed by atoms with Crippen LogP contribution in [0, 0.1) is 0 Å². The largest absolute Gasteiger partial charge is 0.369 e. The Morgan fingerprint density at radius 2 is 0.917 bits per heavy atom. The summed E-state index contributed by atoms with van der Waals surface area (Å²) in [6.07, 6.45) is 0. The summed E-state index contributed by atoms with van der Waals surface area (Å²) in [5.41, 5.74) is 25.0. The molecule has 0 amide bonds. The Morgan fingerprint density at radius 3 is 1.22 bits per heavy atom. The summed E-state index contributed by atoms with van der Waals surface area (Å²) in [5, 5.41) is 1.58. The number of nitrogens with two attached hydrogens (primary N) is 4. The zero-order valence-electron chi connectivity index (χ0n) is 18.6. The van der Waals surface area contributed by atoms with Gasteiger partial charge in [0.1, 0.15) is 0 Å². The smallest absolute Gasteiger partial charge is 0.223 e. The summed E-state index contributed by atoms with van der Waals surface area (Å²) in [4.78, 5) is 20.4. The van der Waals surface area contributed by atoms with E-state index in [1.165, 1.54) is 0 Å². The van der Waals surface area contributed by atoms with Gasteiger partial charge in [-0.2, -0.15) is 9.98 Å². The van der Waals surface area contributed by atoms with E-state index in [9.17, 15) is 0 Å². The molecule has 0 radical (unpaired) electrons. The topological polar surface area (TPSA) is 160 Å². The Balaban J connectivity index is 0.00000324. The number of nitrogens with zero attached hydrogens (tertiary/aromatic N) is 6. The molecule has 0 atom stereocenters. The second kappa shape index (κ2) is 14.4. The van der Waals surface area contributed by atoms with Gasteiger partial charge in [-0.25, -0.2) is 9.98 Å². The average molecular weight is 617 g/mol. The quantitative estimate of drug-likeness (QED) is 0.295. The normalized spacial score (nSPS) is 15.3. The Labute approximate surface area is 240 Å². The lowest BCUT2D eigenvalue weighted by atomic mass is 10.3. The van der Waals surface area contributed by atoms with E-state index < -0.39 is 0 Å². The first-order chi connectivity index (χ1) is 16.1. The SMILES string of the molecule is Cl.Cl.NC(=Nc1ccc(Cl)c(Cl)c1)/N=C(\N)N1CCN(/C(N)=N/C(N)=Nc2ccc(Cl)c(Cl)c2)CC1. The highest BCUT2D eigenvalue weighted by Crippen LogP contribution is 2.27. The highest BCUT2D eigenvalue weighted by molar-refractivity contribution is 6.42. The van der Waals surface area contributed by atoms with Crippen LogP contribution < -0.4 is 22.9 Å². The van der Waals surface area contributed by atoms with Gasteiger partial charge in [-0.05, 0) is 36.4 Å². The molecule has 2 aromatic rings. The first-order valence-corrected chi connectivity index (χ1v) is 11.4. The minimum Gasteiger partial charge on any atom is -0.369 e. The van der Waals surface area contributed by atoms with Crippen molar-refractivity contribution >= 4 is 106 Å². The van der Waals surface area contributed by atoms with E-state index in [0.717, 1.165) is 0 Å². The van der Waals surface area contributed by atoms with Crippen molar-refractivity contribution in [3.05, 3.63) is 56.5 Å². The van der Waals surface area contributed by atoms with Crippen molar-refractivity contribution in [2.75, 3.05) is 26.2 Å².